The first-order valence-electron chi connectivity index (χ1n) is 6.45. The number of ether oxygens (including phenoxy) is 2. The summed E-state index contributed by atoms with van der Waals surface area (Å²) < 4.78 is 12.7. The topological polar surface area (TPSA) is 75.2 Å². The molecular formula is C13H16N4O2S. The molecule has 0 amide bonds. The molecule has 2 aromatic rings. The first-order chi connectivity index (χ1) is 9.81. The van der Waals surface area contributed by atoms with Crippen LogP contribution in [0.3, 0.4) is 0 Å². The Kier molecular flexibility index (Phi) is 3.79. The van der Waals surface area contributed by atoms with E-state index >= 15 is 0 Å². The Balaban J connectivity index is 1.72. The van der Waals surface area contributed by atoms with Gasteiger partial charge in [0, 0.05) is 12.3 Å². The molecule has 0 saturated heterocycles. The molecule has 2 N–H and O–H groups in total. The third kappa shape index (κ3) is 2.46. The Labute approximate surface area is 121 Å². The molecule has 0 radical (unpaired) electrons. The molecule has 6 nitrogen and oxygen atoms in total. The van der Waals surface area contributed by atoms with Crippen molar-refractivity contribution in [3.8, 4) is 11.5 Å². The van der Waals surface area contributed by atoms with Gasteiger partial charge in [-0.2, -0.15) is 0 Å². The monoisotopic (exact) mass is 292 g/mol. The zero-order valence-corrected chi connectivity index (χ0v) is 12.0. The number of aromatic nitrogens is 3. The molecule has 1 aromatic carbocycles. The van der Waals surface area contributed by atoms with Crippen molar-refractivity contribution in [3.05, 3.63) is 29.6 Å². The lowest BCUT2D eigenvalue weighted by Gasteiger charge is -2.06. The number of hydrogen-bond donors (Lipinski definition) is 1. The second kappa shape index (κ2) is 5.72. The summed E-state index contributed by atoms with van der Waals surface area (Å²) in [6.07, 6.45) is 0. The van der Waals surface area contributed by atoms with Crippen LogP contribution in [-0.4, -0.2) is 21.6 Å². The zero-order valence-electron chi connectivity index (χ0n) is 11.2. The maximum absolute atomic E-state index is 5.65. The Morgan fingerprint density at radius 2 is 2.15 bits per heavy atom. The SMILES string of the molecule is CCn1c(CN)nnc1SCc1ccc2c(c1)OCO2. The van der Waals surface area contributed by atoms with Crippen molar-refractivity contribution in [2.24, 2.45) is 5.73 Å². The van der Waals surface area contributed by atoms with E-state index in [1.165, 1.54) is 5.56 Å². The fourth-order valence-electron chi connectivity index (χ4n) is 2.07. The number of rotatable bonds is 5. The van der Waals surface area contributed by atoms with Crippen molar-refractivity contribution < 1.29 is 9.47 Å². The molecule has 2 heterocycles. The van der Waals surface area contributed by atoms with Crippen LogP contribution < -0.4 is 15.2 Å². The first-order valence-corrected chi connectivity index (χ1v) is 7.44. The summed E-state index contributed by atoms with van der Waals surface area (Å²) >= 11 is 1.64. The quantitative estimate of drug-likeness (QED) is 0.847. The Bertz CT molecular complexity index is 614. The molecule has 20 heavy (non-hydrogen) atoms. The van der Waals surface area contributed by atoms with Crippen LogP contribution in [0, 0.1) is 0 Å². The molecule has 0 aliphatic carbocycles. The average Bonchev–Trinajstić information content (AvgIpc) is 3.10. The highest BCUT2D eigenvalue weighted by atomic mass is 32.2. The number of hydrogen-bond acceptors (Lipinski definition) is 6. The van der Waals surface area contributed by atoms with Gasteiger partial charge in [0.25, 0.3) is 0 Å². The summed E-state index contributed by atoms with van der Waals surface area (Å²) in [5.41, 5.74) is 6.81. The summed E-state index contributed by atoms with van der Waals surface area (Å²) in [5.74, 6) is 3.24. The lowest BCUT2D eigenvalue weighted by molar-refractivity contribution is 0.174. The van der Waals surface area contributed by atoms with Crippen molar-refractivity contribution in [2.75, 3.05) is 6.79 Å². The van der Waals surface area contributed by atoms with E-state index in [4.69, 9.17) is 15.2 Å². The molecule has 3 rings (SSSR count). The molecular weight excluding hydrogens is 276 g/mol. The number of nitrogens with two attached hydrogens (primary N) is 1. The van der Waals surface area contributed by atoms with Crippen molar-refractivity contribution in [1.29, 1.82) is 0 Å². The van der Waals surface area contributed by atoms with E-state index in [1.807, 2.05) is 22.8 Å². The number of thioether (sulfide) groups is 1. The number of nitrogens with zero attached hydrogens (tertiary/aromatic N) is 3. The summed E-state index contributed by atoms with van der Waals surface area (Å²) in [6, 6.07) is 5.98. The van der Waals surface area contributed by atoms with E-state index < -0.39 is 0 Å². The Morgan fingerprint density at radius 1 is 1.30 bits per heavy atom. The highest BCUT2D eigenvalue weighted by Gasteiger charge is 2.14. The normalized spacial score (nSPS) is 12.9. The molecule has 7 heteroatoms. The van der Waals surface area contributed by atoms with Gasteiger partial charge in [0.05, 0.1) is 6.54 Å². The van der Waals surface area contributed by atoms with Crippen LogP contribution in [0.15, 0.2) is 23.4 Å². The van der Waals surface area contributed by atoms with Crippen LogP contribution in [0.5, 0.6) is 11.5 Å². The predicted octanol–water partition coefficient (Wildman–Crippen LogP) is 1.78. The lowest BCUT2D eigenvalue weighted by atomic mass is 10.2. The van der Waals surface area contributed by atoms with E-state index in [1.54, 1.807) is 11.8 Å². The van der Waals surface area contributed by atoms with Gasteiger partial charge in [0.2, 0.25) is 6.79 Å². The molecule has 0 saturated carbocycles. The molecule has 1 aliphatic rings. The third-order valence-corrected chi connectivity index (χ3v) is 4.14. The van der Waals surface area contributed by atoms with Crippen molar-refractivity contribution >= 4 is 11.8 Å². The molecule has 0 spiro atoms. The van der Waals surface area contributed by atoms with Crippen LogP contribution in [0.1, 0.15) is 18.3 Å². The second-order valence-electron chi connectivity index (χ2n) is 4.32. The van der Waals surface area contributed by atoms with Crippen LogP contribution in [-0.2, 0) is 18.8 Å². The molecule has 0 bridgehead atoms. The Hall–Kier alpha value is -1.73. The fraction of sp³-hybridized carbons (Fsp3) is 0.385. The molecule has 0 unspecified atom stereocenters. The number of fused-ring (bicyclic) bond motifs is 1. The van der Waals surface area contributed by atoms with Gasteiger partial charge >= 0.3 is 0 Å². The molecule has 1 aliphatic heterocycles. The third-order valence-electron chi connectivity index (χ3n) is 3.10. The van der Waals surface area contributed by atoms with E-state index in [9.17, 15) is 0 Å². The molecule has 1 aromatic heterocycles. The fourth-order valence-corrected chi connectivity index (χ4v) is 3.04. The maximum Gasteiger partial charge on any atom is 0.231 e. The minimum atomic E-state index is 0.302. The first kappa shape index (κ1) is 13.3. The van der Waals surface area contributed by atoms with E-state index in [-0.39, 0.29) is 0 Å². The van der Waals surface area contributed by atoms with Gasteiger partial charge in [0.15, 0.2) is 16.7 Å². The van der Waals surface area contributed by atoms with Crippen molar-refractivity contribution in [1.82, 2.24) is 14.8 Å². The van der Waals surface area contributed by atoms with E-state index in [2.05, 4.69) is 17.1 Å². The summed E-state index contributed by atoms with van der Waals surface area (Å²) in [6.45, 7) is 3.59. The standard InChI is InChI=1S/C13H16N4O2S/c1-2-17-12(6-14)15-16-13(17)20-7-9-3-4-10-11(5-9)19-8-18-10/h3-5H,2,6-8,14H2,1H3. The lowest BCUT2D eigenvalue weighted by Crippen LogP contribution is -2.08. The molecule has 0 atom stereocenters. The summed E-state index contributed by atoms with van der Waals surface area (Å²) in [5, 5.41) is 9.18. The Morgan fingerprint density at radius 3 is 2.95 bits per heavy atom. The maximum atomic E-state index is 5.65. The van der Waals surface area contributed by atoms with Crippen LogP contribution in [0.4, 0.5) is 0 Å². The largest absolute Gasteiger partial charge is 0.454 e. The van der Waals surface area contributed by atoms with Gasteiger partial charge in [-0.3, -0.25) is 0 Å². The van der Waals surface area contributed by atoms with Crippen molar-refractivity contribution in [2.45, 2.75) is 30.9 Å². The van der Waals surface area contributed by atoms with Gasteiger partial charge in [-0.1, -0.05) is 17.8 Å². The zero-order chi connectivity index (χ0) is 13.9. The minimum Gasteiger partial charge on any atom is -0.454 e. The summed E-state index contributed by atoms with van der Waals surface area (Å²) in [4.78, 5) is 0. The number of benzene rings is 1. The smallest absolute Gasteiger partial charge is 0.231 e. The molecule has 106 valence electrons. The van der Waals surface area contributed by atoms with Gasteiger partial charge in [-0.15, -0.1) is 10.2 Å². The van der Waals surface area contributed by atoms with E-state index in [0.29, 0.717) is 13.3 Å². The summed E-state index contributed by atoms with van der Waals surface area (Å²) in [7, 11) is 0. The predicted molar refractivity (Wildman–Crippen MR) is 75.7 cm³/mol. The van der Waals surface area contributed by atoms with Crippen LogP contribution in [0.2, 0.25) is 0 Å². The highest BCUT2D eigenvalue weighted by molar-refractivity contribution is 7.98. The van der Waals surface area contributed by atoms with Crippen LogP contribution in [0.25, 0.3) is 0 Å². The van der Waals surface area contributed by atoms with Gasteiger partial charge < -0.3 is 19.8 Å². The van der Waals surface area contributed by atoms with Gasteiger partial charge in [-0.25, -0.2) is 0 Å². The van der Waals surface area contributed by atoms with Gasteiger partial charge in [-0.05, 0) is 24.6 Å². The second-order valence-corrected chi connectivity index (χ2v) is 5.27. The van der Waals surface area contributed by atoms with Gasteiger partial charge in [0.1, 0.15) is 5.82 Å². The van der Waals surface area contributed by atoms with Crippen molar-refractivity contribution in [3.63, 3.8) is 0 Å². The minimum absolute atomic E-state index is 0.302. The highest BCUT2D eigenvalue weighted by Crippen LogP contribution is 2.34. The average molecular weight is 292 g/mol. The van der Waals surface area contributed by atoms with E-state index in [0.717, 1.165) is 34.8 Å². The van der Waals surface area contributed by atoms with Crippen LogP contribution >= 0.6 is 11.8 Å². The molecule has 0 fully saturated rings.